The van der Waals surface area contributed by atoms with E-state index in [2.05, 4.69) is 10.3 Å². The molecule has 1 aromatic rings. The highest BCUT2D eigenvalue weighted by Crippen LogP contribution is 2.04. The maximum absolute atomic E-state index is 11.2. The fraction of sp³-hybridized carbons (Fsp3) is 0.500. The van der Waals surface area contributed by atoms with Gasteiger partial charge in [0, 0.05) is 18.9 Å². The molecule has 0 aliphatic carbocycles. The fourth-order valence-electron chi connectivity index (χ4n) is 1.61. The Morgan fingerprint density at radius 1 is 1.50 bits per heavy atom. The van der Waals surface area contributed by atoms with Crippen molar-refractivity contribution in [2.45, 2.75) is 33.4 Å². The molecule has 1 atom stereocenters. The van der Waals surface area contributed by atoms with Crippen LogP contribution in [-0.2, 0) is 11.3 Å². The van der Waals surface area contributed by atoms with Gasteiger partial charge in [0.1, 0.15) is 0 Å². The van der Waals surface area contributed by atoms with Gasteiger partial charge in [-0.15, -0.1) is 0 Å². The summed E-state index contributed by atoms with van der Waals surface area (Å²) in [6, 6.07) is 1.75. The predicted molar refractivity (Wildman–Crippen MR) is 63.6 cm³/mol. The van der Waals surface area contributed by atoms with Crippen molar-refractivity contribution in [2.75, 3.05) is 0 Å². The molecule has 3 N–H and O–H groups in total. The zero-order valence-electron chi connectivity index (χ0n) is 10.0. The van der Waals surface area contributed by atoms with Crippen LogP contribution in [0.25, 0.3) is 0 Å². The van der Waals surface area contributed by atoms with E-state index in [9.17, 15) is 4.79 Å². The first-order valence-electron chi connectivity index (χ1n) is 5.44. The van der Waals surface area contributed by atoms with E-state index in [1.807, 2.05) is 26.8 Å². The molecule has 4 heteroatoms. The van der Waals surface area contributed by atoms with Crippen LogP contribution in [0.2, 0.25) is 0 Å². The molecule has 16 heavy (non-hydrogen) atoms. The summed E-state index contributed by atoms with van der Waals surface area (Å²) >= 11 is 0. The largest absolute Gasteiger partial charge is 0.368 e. The van der Waals surface area contributed by atoms with Gasteiger partial charge in [-0.2, -0.15) is 0 Å². The molecule has 0 radical (unpaired) electrons. The number of primary amides is 1. The molecule has 0 spiro atoms. The van der Waals surface area contributed by atoms with Gasteiger partial charge in [-0.05, 0) is 24.0 Å². The molecule has 1 heterocycles. The minimum atomic E-state index is -0.310. The van der Waals surface area contributed by atoms with Crippen LogP contribution in [0.15, 0.2) is 18.5 Å². The van der Waals surface area contributed by atoms with E-state index in [1.54, 1.807) is 12.4 Å². The summed E-state index contributed by atoms with van der Waals surface area (Å²) in [4.78, 5) is 15.3. The number of amides is 1. The summed E-state index contributed by atoms with van der Waals surface area (Å²) in [5.74, 6) is -0.120. The molecular weight excluding hydrogens is 202 g/mol. The van der Waals surface area contributed by atoms with Gasteiger partial charge < -0.3 is 11.1 Å². The first-order valence-corrected chi connectivity index (χ1v) is 5.44. The van der Waals surface area contributed by atoms with Crippen molar-refractivity contribution in [3.05, 3.63) is 29.6 Å². The van der Waals surface area contributed by atoms with Crippen LogP contribution in [-0.4, -0.2) is 16.9 Å². The number of pyridine rings is 1. The Hall–Kier alpha value is -1.42. The lowest BCUT2D eigenvalue weighted by molar-refractivity contribution is -0.121. The van der Waals surface area contributed by atoms with Crippen molar-refractivity contribution < 1.29 is 4.79 Å². The highest BCUT2D eigenvalue weighted by Gasteiger charge is 2.18. The van der Waals surface area contributed by atoms with Gasteiger partial charge >= 0.3 is 0 Å². The van der Waals surface area contributed by atoms with E-state index < -0.39 is 0 Å². The number of nitrogens with zero attached hydrogens (tertiary/aromatic N) is 1. The third-order valence-electron chi connectivity index (χ3n) is 2.43. The molecule has 0 fully saturated rings. The van der Waals surface area contributed by atoms with E-state index in [0.29, 0.717) is 6.54 Å². The van der Waals surface area contributed by atoms with Gasteiger partial charge in [-0.3, -0.25) is 9.78 Å². The molecule has 0 bridgehead atoms. The van der Waals surface area contributed by atoms with Gasteiger partial charge in [-0.1, -0.05) is 19.9 Å². The van der Waals surface area contributed by atoms with Crippen molar-refractivity contribution in [1.29, 1.82) is 0 Å². The minimum Gasteiger partial charge on any atom is -0.368 e. The number of carbonyl (C=O) groups excluding carboxylic acids is 1. The van der Waals surface area contributed by atoms with Crippen molar-refractivity contribution in [3.8, 4) is 0 Å². The number of rotatable bonds is 5. The molecule has 1 rings (SSSR count). The van der Waals surface area contributed by atoms with Gasteiger partial charge in [0.15, 0.2) is 0 Å². The van der Waals surface area contributed by atoms with E-state index in [-0.39, 0.29) is 17.9 Å². The Labute approximate surface area is 96.3 Å². The highest BCUT2D eigenvalue weighted by molar-refractivity contribution is 5.80. The zero-order valence-corrected chi connectivity index (χ0v) is 10.0. The minimum absolute atomic E-state index is 0.190. The summed E-state index contributed by atoms with van der Waals surface area (Å²) in [5.41, 5.74) is 7.49. The summed E-state index contributed by atoms with van der Waals surface area (Å²) in [7, 11) is 0. The van der Waals surface area contributed by atoms with E-state index >= 15 is 0 Å². The molecule has 0 aliphatic rings. The van der Waals surface area contributed by atoms with Gasteiger partial charge in [-0.25, -0.2) is 0 Å². The van der Waals surface area contributed by atoms with Crippen LogP contribution in [0.3, 0.4) is 0 Å². The zero-order chi connectivity index (χ0) is 12.1. The van der Waals surface area contributed by atoms with E-state index in [1.165, 1.54) is 0 Å². The molecule has 0 aromatic carbocycles. The van der Waals surface area contributed by atoms with Crippen LogP contribution >= 0.6 is 0 Å². The number of hydrogen-bond acceptors (Lipinski definition) is 3. The average molecular weight is 221 g/mol. The number of hydrogen-bond donors (Lipinski definition) is 2. The first-order chi connectivity index (χ1) is 7.50. The van der Waals surface area contributed by atoms with Crippen LogP contribution in [0.5, 0.6) is 0 Å². The van der Waals surface area contributed by atoms with Crippen LogP contribution in [0.1, 0.15) is 25.0 Å². The number of carbonyl (C=O) groups is 1. The van der Waals surface area contributed by atoms with Crippen molar-refractivity contribution >= 4 is 5.91 Å². The molecule has 1 aromatic heterocycles. The third kappa shape index (κ3) is 3.62. The van der Waals surface area contributed by atoms with Crippen LogP contribution in [0.4, 0.5) is 0 Å². The summed E-state index contributed by atoms with van der Waals surface area (Å²) in [5, 5.41) is 3.15. The second kappa shape index (κ2) is 5.61. The molecule has 0 aliphatic heterocycles. The van der Waals surface area contributed by atoms with E-state index in [4.69, 9.17) is 5.73 Å². The van der Waals surface area contributed by atoms with Gasteiger partial charge in [0.05, 0.1) is 6.04 Å². The predicted octanol–water partition coefficient (Wildman–Crippen LogP) is 0.990. The second-order valence-electron chi connectivity index (χ2n) is 4.38. The topological polar surface area (TPSA) is 68.0 Å². The van der Waals surface area contributed by atoms with Crippen molar-refractivity contribution in [2.24, 2.45) is 11.7 Å². The number of aryl methyl sites for hydroxylation is 1. The average Bonchev–Trinajstić information content (AvgIpc) is 2.16. The number of aromatic nitrogens is 1. The maximum atomic E-state index is 11.2. The number of nitrogens with two attached hydrogens (primary N) is 1. The Bertz CT molecular complexity index is 363. The Morgan fingerprint density at radius 2 is 2.19 bits per heavy atom. The first kappa shape index (κ1) is 12.6. The molecule has 88 valence electrons. The van der Waals surface area contributed by atoms with Gasteiger partial charge in [0.2, 0.25) is 5.91 Å². The smallest absolute Gasteiger partial charge is 0.234 e. The quantitative estimate of drug-likeness (QED) is 0.779. The van der Waals surface area contributed by atoms with Crippen LogP contribution < -0.4 is 11.1 Å². The second-order valence-corrected chi connectivity index (χ2v) is 4.38. The molecule has 0 saturated carbocycles. The Balaban J connectivity index is 2.59. The maximum Gasteiger partial charge on any atom is 0.234 e. The van der Waals surface area contributed by atoms with Crippen LogP contribution in [0, 0.1) is 12.8 Å². The SMILES string of the molecule is Cc1cncc(CNC(C(N)=O)C(C)C)c1. The molecule has 0 saturated heterocycles. The molecule has 1 unspecified atom stereocenters. The highest BCUT2D eigenvalue weighted by atomic mass is 16.1. The lowest BCUT2D eigenvalue weighted by Crippen LogP contribution is -2.44. The number of nitrogens with one attached hydrogen (secondary N) is 1. The lowest BCUT2D eigenvalue weighted by atomic mass is 10.0. The molecule has 4 nitrogen and oxygen atoms in total. The van der Waals surface area contributed by atoms with Gasteiger partial charge in [0.25, 0.3) is 0 Å². The third-order valence-corrected chi connectivity index (χ3v) is 2.43. The normalized spacial score (nSPS) is 12.8. The summed E-state index contributed by atoms with van der Waals surface area (Å²) in [6.45, 7) is 6.54. The molecular formula is C12H19N3O. The fourth-order valence-corrected chi connectivity index (χ4v) is 1.61. The van der Waals surface area contributed by atoms with Crippen molar-refractivity contribution in [3.63, 3.8) is 0 Å². The standard InChI is InChI=1S/C12H19N3O/c1-8(2)11(12(13)16)15-7-10-4-9(3)5-14-6-10/h4-6,8,11,15H,7H2,1-3H3,(H2,13,16). The Morgan fingerprint density at radius 3 is 2.69 bits per heavy atom. The monoisotopic (exact) mass is 221 g/mol. The Kier molecular flexibility index (Phi) is 4.43. The summed E-state index contributed by atoms with van der Waals surface area (Å²) < 4.78 is 0. The summed E-state index contributed by atoms with van der Waals surface area (Å²) in [6.07, 6.45) is 3.59. The van der Waals surface area contributed by atoms with Crippen molar-refractivity contribution in [1.82, 2.24) is 10.3 Å². The lowest BCUT2D eigenvalue weighted by Gasteiger charge is -2.18. The van der Waals surface area contributed by atoms with E-state index in [0.717, 1.165) is 11.1 Å². The molecule has 1 amide bonds.